The fourth-order valence-corrected chi connectivity index (χ4v) is 3.75. The van der Waals surface area contributed by atoms with Crippen LogP contribution in [0.4, 0.5) is 11.4 Å². The summed E-state index contributed by atoms with van der Waals surface area (Å²) in [7, 11) is 0. The number of hydrogen-bond donors (Lipinski definition) is 3. The summed E-state index contributed by atoms with van der Waals surface area (Å²) >= 11 is 0. The minimum Gasteiger partial charge on any atom is -0.435 e. The van der Waals surface area contributed by atoms with E-state index in [0.717, 1.165) is 23.5 Å². The van der Waals surface area contributed by atoms with Gasteiger partial charge in [0.15, 0.2) is 11.6 Å². The molecule has 28 heavy (non-hydrogen) atoms. The van der Waals surface area contributed by atoms with Crippen LogP contribution in [0, 0.1) is 20.8 Å². The van der Waals surface area contributed by atoms with Crippen molar-refractivity contribution in [2.24, 2.45) is 11.5 Å². The zero-order valence-electron chi connectivity index (χ0n) is 17.3. The maximum atomic E-state index is 6.50. The van der Waals surface area contributed by atoms with Crippen molar-refractivity contribution >= 4 is 11.4 Å². The molecule has 2 aromatic rings. The summed E-state index contributed by atoms with van der Waals surface area (Å²) in [6, 6.07) is 6.44. The molecule has 5 N–H and O–H groups in total. The van der Waals surface area contributed by atoms with E-state index in [2.05, 4.69) is 43.2 Å². The summed E-state index contributed by atoms with van der Waals surface area (Å²) < 4.78 is 5.97. The molecule has 3 rings (SSSR count). The third-order valence-electron chi connectivity index (χ3n) is 5.02. The number of benzene rings is 1. The Labute approximate surface area is 167 Å². The van der Waals surface area contributed by atoms with Crippen LogP contribution in [-0.4, -0.2) is 11.7 Å². The summed E-state index contributed by atoms with van der Waals surface area (Å²) in [6.45, 7) is 8.66. The summed E-state index contributed by atoms with van der Waals surface area (Å²) in [5.41, 5.74) is 18.7. The van der Waals surface area contributed by atoms with Crippen LogP contribution in [0.5, 0.6) is 5.75 Å². The maximum Gasteiger partial charge on any atom is 0.235 e. The van der Waals surface area contributed by atoms with Gasteiger partial charge in [0.2, 0.25) is 5.88 Å². The number of nitrogens with two attached hydrogens (primary N) is 2. The molecule has 0 bridgehead atoms. The van der Waals surface area contributed by atoms with Crippen molar-refractivity contribution in [3.63, 3.8) is 0 Å². The molecule has 0 spiro atoms. The second kappa shape index (κ2) is 8.52. The van der Waals surface area contributed by atoms with Crippen molar-refractivity contribution in [2.75, 3.05) is 11.6 Å². The van der Waals surface area contributed by atoms with Gasteiger partial charge in [-0.1, -0.05) is 31.9 Å². The number of nitrogens with one attached hydrogen (secondary N) is 1. The van der Waals surface area contributed by atoms with Gasteiger partial charge in [0.05, 0.1) is 18.6 Å². The Morgan fingerprint density at radius 3 is 2.46 bits per heavy atom. The lowest BCUT2D eigenvalue weighted by Crippen LogP contribution is -2.37. The molecule has 0 fully saturated rings. The summed E-state index contributed by atoms with van der Waals surface area (Å²) in [5.74, 6) is 1.66. The second-order valence-corrected chi connectivity index (χ2v) is 7.36. The van der Waals surface area contributed by atoms with Gasteiger partial charge in [-0.2, -0.15) is 0 Å². The molecular weight excluding hydrogens is 350 g/mol. The minimum atomic E-state index is 0.234. The van der Waals surface area contributed by atoms with E-state index < -0.39 is 0 Å². The summed E-state index contributed by atoms with van der Waals surface area (Å²) in [6.07, 6.45) is 6.61. The van der Waals surface area contributed by atoms with E-state index in [0.29, 0.717) is 17.5 Å². The third kappa shape index (κ3) is 3.92. The SMILES string of the molecule is CCCCCc1cc(C)c(N2C(N)=C(NCN)Oc3cc(C)ncc32)c(C)c1. The smallest absolute Gasteiger partial charge is 0.235 e. The first-order valence-electron chi connectivity index (χ1n) is 9.94. The summed E-state index contributed by atoms with van der Waals surface area (Å²) in [4.78, 5) is 6.47. The molecule has 150 valence electrons. The van der Waals surface area contributed by atoms with Gasteiger partial charge in [-0.15, -0.1) is 0 Å². The first-order chi connectivity index (χ1) is 13.5. The Kier molecular flexibility index (Phi) is 6.09. The lowest BCUT2D eigenvalue weighted by molar-refractivity contribution is 0.365. The zero-order chi connectivity index (χ0) is 20.3. The van der Waals surface area contributed by atoms with E-state index in [9.17, 15) is 0 Å². The largest absolute Gasteiger partial charge is 0.435 e. The van der Waals surface area contributed by atoms with E-state index in [1.165, 1.54) is 36.0 Å². The summed E-state index contributed by atoms with van der Waals surface area (Å²) in [5, 5.41) is 3.03. The quantitative estimate of drug-likeness (QED) is 0.498. The van der Waals surface area contributed by atoms with Gasteiger partial charge < -0.3 is 21.5 Å². The zero-order valence-corrected chi connectivity index (χ0v) is 17.3. The average molecular weight is 382 g/mol. The first-order valence-corrected chi connectivity index (χ1v) is 9.94. The van der Waals surface area contributed by atoms with Crippen LogP contribution in [0.25, 0.3) is 0 Å². The van der Waals surface area contributed by atoms with Crippen molar-refractivity contribution in [1.82, 2.24) is 10.3 Å². The topological polar surface area (TPSA) is 89.4 Å². The number of unbranched alkanes of at least 4 members (excludes halogenated alkanes) is 2. The van der Waals surface area contributed by atoms with Crippen LogP contribution >= 0.6 is 0 Å². The van der Waals surface area contributed by atoms with Crippen molar-refractivity contribution < 1.29 is 4.74 Å². The number of anilines is 2. The monoisotopic (exact) mass is 381 g/mol. The number of pyridine rings is 1. The molecular formula is C22H31N5O. The molecule has 1 aromatic heterocycles. The standard InChI is InChI=1S/C22H31N5O/c1-5-6-7-8-17-9-14(2)20(15(3)10-17)27-18-12-25-16(4)11-19(18)28-22(21(27)24)26-13-23/h9-12,26H,5-8,13,23-24H2,1-4H3. The molecule has 0 radical (unpaired) electrons. The van der Waals surface area contributed by atoms with E-state index >= 15 is 0 Å². The van der Waals surface area contributed by atoms with E-state index in [1.54, 1.807) is 0 Å². The number of fused-ring (bicyclic) bond motifs is 1. The number of aryl methyl sites for hydroxylation is 4. The first kappa shape index (κ1) is 20.0. The molecule has 0 atom stereocenters. The Morgan fingerprint density at radius 2 is 1.82 bits per heavy atom. The van der Waals surface area contributed by atoms with Crippen LogP contribution in [-0.2, 0) is 6.42 Å². The Morgan fingerprint density at radius 1 is 1.11 bits per heavy atom. The molecule has 0 aliphatic carbocycles. The van der Waals surface area contributed by atoms with Crippen molar-refractivity contribution in [3.8, 4) is 5.75 Å². The third-order valence-corrected chi connectivity index (χ3v) is 5.02. The van der Waals surface area contributed by atoms with Gasteiger partial charge in [-0.05, 0) is 50.3 Å². The average Bonchev–Trinajstić information content (AvgIpc) is 2.64. The van der Waals surface area contributed by atoms with Crippen molar-refractivity contribution in [3.05, 3.63) is 58.5 Å². The van der Waals surface area contributed by atoms with Gasteiger partial charge >= 0.3 is 0 Å². The number of aromatic nitrogens is 1. The van der Waals surface area contributed by atoms with E-state index in [1.807, 2.05) is 24.1 Å². The van der Waals surface area contributed by atoms with Crippen molar-refractivity contribution in [1.29, 1.82) is 0 Å². The van der Waals surface area contributed by atoms with E-state index in [-0.39, 0.29) is 6.67 Å². The molecule has 2 heterocycles. The number of nitrogens with zero attached hydrogens (tertiary/aromatic N) is 2. The highest BCUT2D eigenvalue weighted by Gasteiger charge is 2.29. The van der Waals surface area contributed by atoms with E-state index in [4.69, 9.17) is 16.2 Å². The normalized spacial score (nSPS) is 13.4. The predicted molar refractivity (Wildman–Crippen MR) is 114 cm³/mol. The molecule has 0 saturated carbocycles. The molecule has 0 amide bonds. The fraction of sp³-hybridized carbons (Fsp3) is 0.409. The maximum absolute atomic E-state index is 6.50. The second-order valence-electron chi connectivity index (χ2n) is 7.36. The molecule has 0 unspecified atom stereocenters. The highest BCUT2D eigenvalue weighted by atomic mass is 16.5. The van der Waals surface area contributed by atoms with Crippen LogP contribution < -0.4 is 26.4 Å². The Bertz CT molecular complexity index is 867. The molecule has 6 heteroatoms. The van der Waals surface area contributed by atoms with Crippen LogP contribution in [0.3, 0.4) is 0 Å². The highest BCUT2D eigenvalue weighted by molar-refractivity contribution is 5.78. The molecule has 0 saturated heterocycles. The van der Waals surface area contributed by atoms with Gasteiger partial charge in [0, 0.05) is 11.8 Å². The van der Waals surface area contributed by atoms with Gasteiger partial charge in [-0.3, -0.25) is 9.88 Å². The molecule has 1 aromatic carbocycles. The highest BCUT2D eigenvalue weighted by Crippen LogP contribution is 2.43. The van der Waals surface area contributed by atoms with Gasteiger partial charge in [0.1, 0.15) is 5.69 Å². The molecule has 1 aliphatic heterocycles. The fourth-order valence-electron chi connectivity index (χ4n) is 3.75. The predicted octanol–water partition coefficient (Wildman–Crippen LogP) is 3.86. The number of hydrogen-bond acceptors (Lipinski definition) is 6. The minimum absolute atomic E-state index is 0.234. The lowest BCUT2D eigenvalue weighted by atomic mass is 9.99. The van der Waals surface area contributed by atoms with Crippen LogP contribution in [0.2, 0.25) is 0 Å². The lowest BCUT2D eigenvalue weighted by Gasteiger charge is -2.34. The van der Waals surface area contributed by atoms with Gasteiger partial charge in [0.25, 0.3) is 0 Å². The van der Waals surface area contributed by atoms with Crippen LogP contribution in [0.1, 0.15) is 48.6 Å². The Hall–Kier alpha value is -2.73. The van der Waals surface area contributed by atoms with Crippen molar-refractivity contribution in [2.45, 2.75) is 53.4 Å². The Balaban J connectivity index is 2.08. The number of rotatable bonds is 7. The number of ether oxygens (including phenoxy) is 1. The molecule has 1 aliphatic rings. The van der Waals surface area contributed by atoms with Gasteiger partial charge in [-0.25, -0.2) is 0 Å². The van der Waals surface area contributed by atoms with Crippen LogP contribution in [0.15, 0.2) is 36.1 Å². The molecule has 6 nitrogen and oxygen atoms in total.